The second-order valence-corrected chi connectivity index (χ2v) is 5.68. The zero-order valence-corrected chi connectivity index (χ0v) is 11.0. The number of aromatic nitrogens is 3. The molecule has 2 fully saturated rings. The second kappa shape index (κ2) is 4.63. The molecule has 2 saturated heterocycles. The topological polar surface area (TPSA) is 54.2 Å². The molecule has 100 valence electrons. The lowest BCUT2D eigenvalue weighted by molar-refractivity contribution is -0.0373. The van der Waals surface area contributed by atoms with Crippen LogP contribution in [0.2, 0.25) is 0 Å². The van der Waals surface area contributed by atoms with E-state index >= 15 is 0 Å². The van der Waals surface area contributed by atoms with Crippen LogP contribution in [-0.4, -0.2) is 49.5 Å². The van der Waals surface area contributed by atoms with E-state index in [1.807, 2.05) is 4.68 Å². The predicted molar refractivity (Wildman–Crippen MR) is 68.2 cm³/mol. The summed E-state index contributed by atoms with van der Waals surface area (Å²) < 4.78 is 1.89. The minimum Gasteiger partial charge on any atom is -0.389 e. The standard InChI is InChI=1S/C13H22N4O/c1-2-17-12(14-10-15-17)9-13(18)5-7-16-6-3-4-11(16)8-13/h10-11,18H,2-9H2,1H3. The van der Waals surface area contributed by atoms with Gasteiger partial charge in [0.05, 0.1) is 5.60 Å². The van der Waals surface area contributed by atoms with E-state index in [4.69, 9.17) is 0 Å². The molecule has 18 heavy (non-hydrogen) atoms. The molecule has 2 atom stereocenters. The summed E-state index contributed by atoms with van der Waals surface area (Å²) in [6.07, 6.45) is 6.51. The SMILES string of the molecule is CCn1ncnc1CC1(O)CCN2CCCC2C1. The van der Waals surface area contributed by atoms with Gasteiger partial charge in [-0.15, -0.1) is 0 Å². The Kier molecular flexibility index (Phi) is 3.11. The highest BCUT2D eigenvalue weighted by atomic mass is 16.3. The van der Waals surface area contributed by atoms with Crippen molar-refractivity contribution in [2.75, 3.05) is 13.1 Å². The zero-order chi connectivity index (χ0) is 12.6. The fourth-order valence-electron chi connectivity index (χ4n) is 3.46. The van der Waals surface area contributed by atoms with Gasteiger partial charge in [-0.05, 0) is 39.2 Å². The maximum atomic E-state index is 10.8. The smallest absolute Gasteiger partial charge is 0.138 e. The lowest BCUT2D eigenvalue weighted by Crippen LogP contribution is -2.49. The van der Waals surface area contributed by atoms with Gasteiger partial charge in [-0.2, -0.15) is 5.10 Å². The quantitative estimate of drug-likeness (QED) is 0.863. The number of aliphatic hydroxyl groups is 1. The van der Waals surface area contributed by atoms with E-state index in [1.165, 1.54) is 19.4 Å². The van der Waals surface area contributed by atoms with Crippen molar-refractivity contribution in [3.8, 4) is 0 Å². The molecule has 2 aliphatic rings. The Bertz CT molecular complexity index is 419. The van der Waals surface area contributed by atoms with Crippen LogP contribution in [0.1, 0.15) is 38.4 Å². The normalized spacial score (nSPS) is 32.7. The van der Waals surface area contributed by atoms with Crippen LogP contribution >= 0.6 is 0 Å². The molecule has 5 nitrogen and oxygen atoms in total. The van der Waals surface area contributed by atoms with Gasteiger partial charge in [-0.3, -0.25) is 4.68 Å². The van der Waals surface area contributed by atoms with Crippen molar-refractivity contribution in [3.63, 3.8) is 0 Å². The molecule has 3 rings (SSSR count). The molecule has 0 bridgehead atoms. The first-order valence-electron chi connectivity index (χ1n) is 7.03. The molecule has 0 aliphatic carbocycles. The fraction of sp³-hybridized carbons (Fsp3) is 0.846. The number of nitrogens with zero attached hydrogens (tertiary/aromatic N) is 4. The molecule has 1 aromatic rings. The van der Waals surface area contributed by atoms with Crippen LogP contribution in [0.4, 0.5) is 0 Å². The number of aryl methyl sites for hydroxylation is 1. The van der Waals surface area contributed by atoms with Crippen LogP contribution < -0.4 is 0 Å². The number of hydrogen-bond acceptors (Lipinski definition) is 4. The number of piperidine rings is 1. The van der Waals surface area contributed by atoms with E-state index in [-0.39, 0.29) is 0 Å². The van der Waals surface area contributed by atoms with E-state index < -0.39 is 5.60 Å². The maximum Gasteiger partial charge on any atom is 0.138 e. The predicted octanol–water partition coefficient (Wildman–Crippen LogP) is 0.830. The minimum atomic E-state index is -0.578. The van der Waals surface area contributed by atoms with Gasteiger partial charge in [-0.25, -0.2) is 4.98 Å². The molecule has 5 heteroatoms. The summed E-state index contributed by atoms with van der Waals surface area (Å²) >= 11 is 0. The van der Waals surface area contributed by atoms with Gasteiger partial charge in [0.2, 0.25) is 0 Å². The van der Waals surface area contributed by atoms with Crippen molar-refractivity contribution in [1.29, 1.82) is 0 Å². The van der Waals surface area contributed by atoms with Gasteiger partial charge in [-0.1, -0.05) is 0 Å². The molecule has 1 aromatic heterocycles. The van der Waals surface area contributed by atoms with Gasteiger partial charge in [0, 0.05) is 25.6 Å². The van der Waals surface area contributed by atoms with Crippen molar-refractivity contribution < 1.29 is 5.11 Å². The number of fused-ring (bicyclic) bond motifs is 1. The Morgan fingerprint density at radius 3 is 3.22 bits per heavy atom. The Morgan fingerprint density at radius 2 is 2.39 bits per heavy atom. The highest BCUT2D eigenvalue weighted by Gasteiger charge is 2.40. The van der Waals surface area contributed by atoms with Crippen molar-refractivity contribution in [1.82, 2.24) is 19.7 Å². The third-order valence-corrected chi connectivity index (χ3v) is 4.46. The summed E-state index contributed by atoms with van der Waals surface area (Å²) in [5, 5.41) is 15.0. The van der Waals surface area contributed by atoms with Crippen molar-refractivity contribution in [2.24, 2.45) is 0 Å². The lowest BCUT2D eigenvalue weighted by atomic mass is 9.84. The van der Waals surface area contributed by atoms with Gasteiger partial charge in [0.1, 0.15) is 12.2 Å². The van der Waals surface area contributed by atoms with E-state index in [0.29, 0.717) is 12.5 Å². The molecule has 0 aromatic carbocycles. The summed E-state index contributed by atoms with van der Waals surface area (Å²) in [4.78, 5) is 6.82. The molecular weight excluding hydrogens is 228 g/mol. The first kappa shape index (κ1) is 12.1. The molecule has 2 unspecified atom stereocenters. The molecule has 3 heterocycles. The van der Waals surface area contributed by atoms with E-state index in [2.05, 4.69) is 21.9 Å². The summed E-state index contributed by atoms with van der Waals surface area (Å²) in [6.45, 7) is 5.12. The van der Waals surface area contributed by atoms with Gasteiger partial charge >= 0.3 is 0 Å². The van der Waals surface area contributed by atoms with Crippen LogP contribution in [0.5, 0.6) is 0 Å². The van der Waals surface area contributed by atoms with Gasteiger partial charge < -0.3 is 10.0 Å². The molecule has 0 spiro atoms. The highest BCUT2D eigenvalue weighted by molar-refractivity contribution is 5.01. The highest BCUT2D eigenvalue weighted by Crippen LogP contribution is 2.34. The van der Waals surface area contributed by atoms with Crippen molar-refractivity contribution in [2.45, 2.75) is 57.2 Å². The van der Waals surface area contributed by atoms with Crippen LogP contribution in [0, 0.1) is 0 Å². The van der Waals surface area contributed by atoms with Crippen LogP contribution in [0.3, 0.4) is 0 Å². The van der Waals surface area contributed by atoms with Crippen molar-refractivity contribution >= 4 is 0 Å². The first-order chi connectivity index (χ1) is 8.70. The first-order valence-corrected chi connectivity index (χ1v) is 7.03. The fourth-order valence-corrected chi connectivity index (χ4v) is 3.46. The van der Waals surface area contributed by atoms with Crippen LogP contribution in [-0.2, 0) is 13.0 Å². The molecule has 2 aliphatic heterocycles. The Morgan fingerprint density at radius 1 is 1.50 bits per heavy atom. The van der Waals surface area contributed by atoms with Crippen molar-refractivity contribution in [3.05, 3.63) is 12.2 Å². The summed E-state index contributed by atoms with van der Waals surface area (Å²) in [6, 6.07) is 0.585. The summed E-state index contributed by atoms with van der Waals surface area (Å²) in [5.74, 6) is 0.923. The van der Waals surface area contributed by atoms with Crippen LogP contribution in [0.15, 0.2) is 6.33 Å². The average Bonchev–Trinajstić information content (AvgIpc) is 2.96. The Labute approximate surface area is 108 Å². The van der Waals surface area contributed by atoms with Crippen LogP contribution in [0.25, 0.3) is 0 Å². The van der Waals surface area contributed by atoms with E-state index in [0.717, 1.165) is 31.8 Å². The Hall–Kier alpha value is -0.940. The number of rotatable bonds is 3. The molecule has 0 radical (unpaired) electrons. The largest absolute Gasteiger partial charge is 0.389 e. The molecular formula is C13H22N4O. The van der Waals surface area contributed by atoms with Gasteiger partial charge in [0.15, 0.2) is 0 Å². The minimum absolute atomic E-state index is 0.578. The lowest BCUT2D eigenvalue weighted by Gasteiger charge is -2.40. The zero-order valence-electron chi connectivity index (χ0n) is 11.0. The molecule has 0 amide bonds. The molecule has 1 N–H and O–H groups in total. The van der Waals surface area contributed by atoms with E-state index in [9.17, 15) is 5.11 Å². The summed E-state index contributed by atoms with van der Waals surface area (Å²) in [5.41, 5.74) is -0.578. The average molecular weight is 250 g/mol. The second-order valence-electron chi connectivity index (χ2n) is 5.68. The number of hydrogen-bond donors (Lipinski definition) is 1. The van der Waals surface area contributed by atoms with Gasteiger partial charge in [0.25, 0.3) is 0 Å². The summed E-state index contributed by atoms with van der Waals surface area (Å²) in [7, 11) is 0. The maximum absolute atomic E-state index is 10.8. The Balaban J connectivity index is 1.71. The van der Waals surface area contributed by atoms with E-state index in [1.54, 1.807) is 6.33 Å². The third-order valence-electron chi connectivity index (χ3n) is 4.46. The monoisotopic (exact) mass is 250 g/mol. The third kappa shape index (κ3) is 2.17. The molecule has 0 saturated carbocycles.